The van der Waals surface area contributed by atoms with E-state index in [0.29, 0.717) is 12.5 Å². The molecule has 0 unspecified atom stereocenters. The fourth-order valence-electron chi connectivity index (χ4n) is 3.55. The summed E-state index contributed by atoms with van der Waals surface area (Å²) in [5, 5.41) is 8.76. The first-order valence-electron chi connectivity index (χ1n) is 9.23. The van der Waals surface area contributed by atoms with Crippen LogP contribution in [0.15, 0.2) is 30.5 Å². The van der Waals surface area contributed by atoms with Gasteiger partial charge < -0.3 is 9.88 Å². The minimum atomic E-state index is -0.00818. The Balaban J connectivity index is 1.87. The molecule has 1 amide bonds. The van der Waals surface area contributed by atoms with Crippen molar-refractivity contribution < 1.29 is 4.79 Å². The summed E-state index contributed by atoms with van der Waals surface area (Å²) in [4.78, 5) is 12.7. The first kappa shape index (κ1) is 18.2. The summed E-state index contributed by atoms with van der Waals surface area (Å²) >= 11 is 0. The van der Waals surface area contributed by atoms with Crippen LogP contribution in [0.1, 0.15) is 56.7 Å². The number of nitrogens with zero attached hydrogens (tertiary/aromatic N) is 3. The number of aromatic nitrogens is 3. The molecule has 0 spiro atoms. The van der Waals surface area contributed by atoms with Gasteiger partial charge in [0, 0.05) is 29.2 Å². The molecule has 3 aromatic rings. The molecule has 1 N–H and O–H groups in total. The second-order valence-corrected chi connectivity index (χ2v) is 7.48. The summed E-state index contributed by atoms with van der Waals surface area (Å²) in [6, 6.07) is 8.88. The average molecular weight is 352 g/mol. The van der Waals surface area contributed by atoms with Gasteiger partial charge in [0.1, 0.15) is 0 Å². The van der Waals surface area contributed by atoms with Gasteiger partial charge in [0.2, 0.25) is 5.91 Å². The number of aryl methyl sites for hydroxylation is 1. The number of anilines is 1. The van der Waals surface area contributed by atoms with Gasteiger partial charge in [-0.2, -0.15) is 5.10 Å². The number of para-hydroxylation sites is 1. The van der Waals surface area contributed by atoms with Gasteiger partial charge in [0.05, 0.1) is 23.5 Å². The van der Waals surface area contributed by atoms with Crippen molar-refractivity contribution in [2.24, 2.45) is 0 Å². The van der Waals surface area contributed by atoms with E-state index in [1.165, 1.54) is 5.52 Å². The largest absolute Gasteiger partial charge is 0.345 e. The summed E-state index contributed by atoms with van der Waals surface area (Å²) in [6.07, 6.45) is 2.46. The molecule has 5 heteroatoms. The standard InChI is InChI=1S/C21H28N4O/c1-13(2)24-12-17(18-9-7-8-10-19(18)24)11-20(26)22-21-15(5)23-25(14(3)4)16(21)6/h7-10,12-14H,11H2,1-6H3,(H,22,26). The maximum Gasteiger partial charge on any atom is 0.228 e. The SMILES string of the molecule is Cc1nn(C(C)C)c(C)c1NC(=O)Cc1cn(C(C)C)c2ccccc12. The first-order chi connectivity index (χ1) is 12.3. The lowest BCUT2D eigenvalue weighted by molar-refractivity contribution is -0.115. The molecule has 0 aliphatic carbocycles. The van der Waals surface area contributed by atoms with Crippen molar-refractivity contribution in [1.29, 1.82) is 0 Å². The number of carbonyl (C=O) groups excluding carboxylic acids is 1. The molecule has 0 atom stereocenters. The topological polar surface area (TPSA) is 51.9 Å². The predicted octanol–water partition coefficient (Wildman–Crippen LogP) is 4.80. The lowest BCUT2D eigenvalue weighted by Crippen LogP contribution is -2.15. The van der Waals surface area contributed by atoms with Gasteiger partial charge in [-0.1, -0.05) is 18.2 Å². The van der Waals surface area contributed by atoms with Crippen LogP contribution in [0, 0.1) is 13.8 Å². The van der Waals surface area contributed by atoms with Gasteiger partial charge in [-0.15, -0.1) is 0 Å². The molecule has 0 aliphatic rings. The molecule has 5 nitrogen and oxygen atoms in total. The smallest absolute Gasteiger partial charge is 0.228 e. The number of hydrogen-bond acceptors (Lipinski definition) is 2. The Morgan fingerprint density at radius 2 is 1.81 bits per heavy atom. The number of nitrogens with one attached hydrogen (secondary N) is 1. The highest BCUT2D eigenvalue weighted by Crippen LogP contribution is 2.26. The van der Waals surface area contributed by atoms with E-state index in [1.807, 2.05) is 30.7 Å². The third kappa shape index (κ3) is 3.26. The van der Waals surface area contributed by atoms with E-state index in [1.54, 1.807) is 0 Å². The van der Waals surface area contributed by atoms with Gasteiger partial charge in [-0.05, 0) is 53.2 Å². The van der Waals surface area contributed by atoms with Gasteiger partial charge in [0.25, 0.3) is 0 Å². The van der Waals surface area contributed by atoms with Crippen molar-refractivity contribution >= 4 is 22.5 Å². The van der Waals surface area contributed by atoms with Crippen LogP contribution in [0.5, 0.6) is 0 Å². The van der Waals surface area contributed by atoms with Crippen molar-refractivity contribution in [3.05, 3.63) is 47.4 Å². The molecule has 0 bridgehead atoms. The summed E-state index contributed by atoms with van der Waals surface area (Å²) in [5.41, 5.74) is 4.91. The second-order valence-electron chi connectivity index (χ2n) is 7.48. The zero-order chi connectivity index (χ0) is 19.0. The number of hydrogen-bond donors (Lipinski definition) is 1. The molecular weight excluding hydrogens is 324 g/mol. The minimum Gasteiger partial charge on any atom is -0.345 e. The Kier molecular flexibility index (Phi) is 4.90. The van der Waals surface area contributed by atoms with Crippen molar-refractivity contribution in [2.75, 3.05) is 5.32 Å². The van der Waals surface area contributed by atoms with Crippen LogP contribution in [0.3, 0.4) is 0 Å². The zero-order valence-electron chi connectivity index (χ0n) is 16.5. The zero-order valence-corrected chi connectivity index (χ0v) is 16.5. The van der Waals surface area contributed by atoms with Gasteiger partial charge in [0.15, 0.2) is 0 Å². The van der Waals surface area contributed by atoms with E-state index in [2.05, 4.69) is 61.0 Å². The van der Waals surface area contributed by atoms with Crippen LogP contribution in [0.2, 0.25) is 0 Å². The van der Waals surface area contributed by atoms with E-state index in [-0.39, 0.29) is 11.9 Å². The fraction of sp³-hybridized carbons (Fsp3) is 0.429. The second kappa shape index (κ2) is 6.98. The van der Waals surface area contributed by atoms with Crippen LogP contribution >= 0.6 is 0 Å². The van der Waals surface area contributed by atoms with Crippen molar-refractivity contribution in [3.63, 3.8) is 0 Å². The normalized spacial score (nSPS) is 11.7. The summed E-state index contributed by atoms with van der Waals surface area (Å²) in [6.45, 7) is 12.4. The molecular formula is C21H28N4O. The number of fused-ring (bicyclic) bond motifs is 1. The van der Waals surface area contributed by atoms with E-state index in [0.717, 1.165) is 28.0 Å². The van der Waals surface area contributed by atoms with Crippen LogP contribution < -0.4 is 5.32 Å². The molecule has 138 valence electrons. The van der Waals surface area contributed by atoms with Crippen LogP contribution in [0.25, 0.3) is 10.9 Å². The Bertz CT molecular complexity index is 946. The Morgan fingerprint density at radius 3 is 2.42 bits per heavy atom. The third-order valence-electron chi connectivity index (χ3n) is 4.81. The number of benzene rings is 1. The average Bonchev–Trinajstić information content (AvgIpc) is 3.08. The lowest BCUT2D eigenvalue weighted by atomic mass is 10.1. The van der Waals surface area contributed by atoms with Crippen molar-refractivity contribution in [3.8, 4) is 0 Å². The molecule has 2 aromatic heterocycles. The quantitative estimate of drug-likeness (QED) is 0.717. The molecule has 0 saturated carbocycles. The van der Waals surface area contributed by atoms with Crippen molar-refractivity contribution in [1.82, 2.24) is 14.3 Å². The summed E-state index contributed by atoms with van der Waals surface area (Å²) in [5.74, 6) is -0.00818. The summed E-state index contributed by atoms with van der Waals surface area (Å²) in [7, 11) is 0. The van der Waals surface area contributed by atoms with Gasteiger partial charge >= 0.3 is 0 Å². The van der Waals surface area contributed by atoms with E-state index in [4.69, 9.17) is 0 Å². The Labute approximate surface area is 155 Å². The summed E-state index contributed by atoms with van der Waals surface area (Å²) < 4.78 is 4.18. The number of amides is 1. The first-order valence-corrected chi connectivity index (χ1v) is 9.23. The fourth-order valence-corrected chi connectivity index (χ4v) is 3.55. The highest BCUT2D eigenvalue weighted by molar-refractivity contribution is 5.96. The Morgan fingerprint density at radius 1 is 1.12 bits per heavy atom. The monoisotopic (exact) mass is 352 g/mol. The molecule has 26 heavy (non-hydrogen) atoms. The molecule has 0 fully saturated rings. The van der Waals surface area contributed by atoms with E-state index >= 15 is 0 Å². The molecule has 3 rings (SSSR count). The predicted molar refractivity (Wildman–Crippen MR) is 107 cm³/mol. The number of rotatable bonds is 5. The van der Waals surface area contributed by atoms with Crippen LogP contribution in [-0.4, -0.2) is 20.3 Å². The molecule has 1 aromatic carbocycles. The minimum absolute atomic E-state index is 0.00818. The molecule has 2 heterocycles. The lowest BCUT2D eigenvalue weighted by Gasteiger charge is -2.09. The van der Waals surface area contributed by atoms with E-state index in [9.17, 15) is 4.79 Å². The maximum absolute atomic E-state index is 12.7. The number of carbonyl (C=O) groups is 1. The molecule has 0 saturated heterocycles. The van der Waals surface area contributed by atoms with Crippen LogP contribution in [0.4, 0.5) is 5.69 Å². The third-order valence-corrected chi connectivity index (χ3v) is 4.81. The van der Waals surface area contributed by atoms with Crippen molar-refractivity contribution in [2.45, 2.75) is 60.0 Å². The van der Waals surface area contributed by atoms with Crippen LogP contribution in [-0.2, 0) is 11.2 Å². The Hall–Kier alpha value is -2.56. The van der Waals surface area contributed by atoms with Gasteiger partial charge in [-0.25, -0.2) is 0 Å². The van der Waals surface area contributed by atoms with E-state index < -0.39 is 0 Å². The molecule has 0 radical (unpaired) electrons. The highest BCUT2D eigenvalue weighted by Gasteiger charge is 2.18. The maximum atomic E-state index is 12.7. The molecule has 0 aliphatic heterocycles. The highest BCUT2D eigenvalue weighted by atomic mass is 16.1. The van der Waals surface area contributed by atoms with Gasteiger partial charge in [-0.3, -0.25) is 9.48 Å².